The third-order valence-corrected chi connectivity index (χ3v) is 3.25. The molecule has 0 aliphatic carbocycles. The second-order valence-corrected chi connectivity index (χ2v) is 4.44. The monoisotopic (exact) mass is 285 g/mol. The number of ether oxygens (including phenoxy) is 3. The first-order valence-corrected chi connectivity index (χ1v) is 6.21. The highest BCUT2D eigenvalue weighted by atomic mass is 16.7. The van der Waals surface area contributed by atoms with E-state index in [1.807, 2.05) is 6.07 Å². The van der Waals surface area contributed by atoms with Gasteiger partial charge in [0.15, 0.2) is 17.1 Å². The third kappa shape index (κ3) is 1.72. The predicted octanol–water partition coefficient (Wildman–Crippen LogP) is 1.34. The molecule has 8 nitrogen and oxygen atoms in total. The molecule has 0 fully saturated rings. The van der Waals surface area contributed by atoms with Gasteiger partial charge in [0.2, 0.25) is 12.7 Å². The van der Waals surface area contributed by atoms with Crippen LogP contribution in [0, 0.1) is 0 Å². The lowest BCUT2D eigenvalue weighted by molar-refractivity contribution is 0.174. The van der Waals surface area contributed by atoms with E-state index in [4.69, 9.17) is 19.9 Å². The maximum absolute atomic E-state index is 5.75. The van der Waals surface area contributed by atoms with Crippen LogP contribution in [-0.2, 0) is 0 Å². The maximum Gasteiger partial charge on any atom is 0.231 e. The first-order valence-electron chi connectivity index (χ1n) is 6.21. The Morgan fingerprint density at radius 2 is 2.05 bits per heavy atom. The maximum atomic E-state index is 5.75. The number of anilines is 1. The molecule has 0 bridgehead atoms. The molecule has 1 aliphatic heterocycles. The molecule has 0 unspecified atom stereocenters. The number of nitrogens with one attached hydrogen (secondary N) is 1. The number of rotatable bonds is 2. The number of nitrogens with zero attached hydrogens (tertiary/aromatic N) is 3. The van der Waals surface area contributed by atoms with Gasteiger partial charge in [0.05, 0.1) is 13.4 Å². The van der Waals surface area contributed by atoms with E-state index in [9.17, 15) is 0 Å². The summed E-state index contributed by atoms with van der Waals surface area (Å²) in [7, 11) is 1.58. The van der Waals surface area contributed by atoms with Crippen molar-refractivity contribution in [1.82, 2.24) is 19.9 Å². The zero-order valence-corrected chi connectivity index (χ0v) is 11.1. The molecule has 0 spiro atoms. The lowest BCUT2D eigenvalue weighted by atomic mass is 10.1. The van der Waals surface area contributed by atoms with Crippen molar-refractivity contribution in [3.05, 3.63) is 18.5 Å². The average molecular weight is 285 g/mol. The molecule has 3 N–H and O–H groups in total. The molecular weight excluding hydrogens is 274 g/mol. The summed E-state index contributed by atoms with van der Waals surface area (Å²) in [4.78, 5) is 15.5. The van der Waals surface area contributed by atoms with Crippen LogP contribution in [0.25, 0.3) is 22.4 Å². The molecule has 21 heavy (non-hydrogen) atoms. The number of nitrogen functional groups attached to an aromatic ring is 1. The van der Waals surface area contributed by atoms with Gasteiger partial charge in [0, 0.05) is 11.6 Å². The summed E-state index contributed by atoms with van der Waals surface area (Å²) < 4.78 is 16.2. The van der Waals surface area contributed by atoms with E-state index in [0.717, 1.165) is 5.56 Å². The van der Waals surface area contributed by atoms with Gasteiger partial charge in [0.1, 0.15) is 17.0 Å². The van der Waals surface area contributed by atoms with Crippen molar-refractivity contribution in [1.29, 1.82) is 0 Å². The normalized spacial score (nSPS) is 12.8. The van der Waals surface area contributed by atoms with E-state index in [2.05, 4.69) is 19.9 Å². The minimum Gasteiger partial charge on any atom is -0.496 e. The van der Waals surface area contributed by atoms with Gasteiger partial charge in [-0.05, 0) is 6.07 Å². The Bertz CT molecular complexity index is 845. The first-order chi connectivity index (χ1) is 10.3. The van der Waals surface area contributed by atoms with Crippen molar-refractivity contribution in [3.8, 4) is 28.5 Å². The molecule has 0 amide bonds. The van der Waals surface area contributed by atoms with Crippen LogP contribution in [0.1, 0.15) is 0 Å². The van der Waals surface area contributed by atoms with Crippen LogP contribution < -0.4 is 19.9 Å². The number of nitrogens with two attached hydrogens (primary N) is 1. The van der Waals surface area contributed by atoms with Crippen LogP contribution in [0.2, 0.25) is 0 Å². The van der Waals surface area contributed by atoms with Crippen molar-refractivity contribution in [3.63, 3.8) is 0 Å². The molecule has 1 aliphatic rings. The number of methoxy groups -OCH3 is 1. The van der Waals surface area contributed by atoms with Crippen LogP contribution in [0.5, 0.6) is 17.2 Å². The first kappa shape index (κ1) is 11.8. The average Bonchev–Trinajstić information content (AvgIpc) is 3.12. The molecule has 0 saturated carbocycles. The van der Waals surface area contributed by atoms with Gasteiger partial charge in [-0.3, -0.25) is 0 Å². The Morgan fingerprint density at radius 3 is 2.86 bits per heavy atom. The molecule has 8 heteroatoms. The van der Waals surface area contributed by atoms with Gasteiger partial charge >= 0.3 is 0 Å². The van der Waals surface area contributed by atoms with Crippen LogP contribution >= 0.6 is 0 Å². The second-order valence-electron chi connectivity index (χ2n) is 4.44. The number of aromatic nitrogens is 4. The third-order valence-electron chi connectivity index (χ3n) is 3.25. The highest BCUT2D eigenvalue weighted by molar-refractivity contribution is 5.90. The van der Waals surface area contributed by atoms with Crippen LogP contribution in [-0.4, -0.2) is 33.8 Å². The van der Waals surface area contributed by atoms with E-state index < -0.39 is 0 Å². The highest BCUT2D eigenvalue weighted by Crippen LogP contribution is 2.43. The number of aromatic amines is 1. The molecule has 3 aromatic rings. The minimum atomic E-state index is 0.143. The molecule has 0 atom stereocenters. The number of H-pyrrole nitrogens is 1. The molecule has 0 saturated heterocycles. The molecule has 3 heterocycles. The standard InChI is InChI=1S/C13H11N5O3/c1-19-7-3-9-8(20-5-21-9)2-6(7)10-11-12(16-4-15-11)18-13(14)17-10/h2-4H,5H2,1H3,(H3,14,15,16,17,18). The van der Waals surface area contributed by atoms with Crippen molar-refractivity contribution in [2.45, 2.75) is 0 Å². The summed E-state index contributed by atoms with van der Waals surface area (Å²) >= 11 is 0. The van der Waals surface area contributed by atoms with Gasteiger partial charge < -0.3 is 24.9 Å². The van der Waals surface area contributed by atoms with Crippen LogP contribution in [0.3, 0.4) is 0 Å². The van der Waals surface area contributed by atoms with Crippen molar-refractivity contribution >= 4 is 17.1 Å². The van der Waals surface area contributed by atoms with Crippen LogP contribution in [0.4, 0.5) is 5.95 Å². The Hall–Kier alpha value is -3.03. The Morgan fingerprint density at radius 1 is 1.24 bits per heavy atom. The lowest BCUT2D eigenvalue weighted by Gasteiger charge is -2.10. The molecule has 106 valence electrons. The van der Waals surface area contributed by atoms with Gasteiger partial charge in [-0.2, -0.15) is 4.98 Å². The summed E-state index contributed by atoms with van der Waals surface area (Å²) in [5.41, 5.74) is 8.26. The fourth-order valence-electron chi connectivity index (χ4n) is 2.32. The second kappa shape index (κ2) is 4.23. The molecule has 2 aromatic heterocycles. The molecule has 0 radical (unpaired) electrons. The largest absolute Gasteiger partial charge is 0.496 e. The van der Waals surface area contributed by atoms with E-state index in [1.165, 1.54) is 0 Å². The van der Waals surface area contributed by atoms with Crippen molar-refractivity contribution < 1.29 is 14.2 Å². The molecule has 4 rings (SSSR count). The summed E-state index contributed by atoms with van der Waals surface area (Å²) in [5.74, 6) is 2.02. The number of benzene rings is 1. The Kier molecular flexibility index (Phi) is 2.37. The lowest BCUT2D eigenvalue weighted by Crippen LogP contribution is -1.99. The van der Waals surface area contributed by atoms with E-state index >= 15 is 0 Å². The van der Waals surface area contributed by atoms with Gasteiger partial charge in [-0.25, -0.2) is 9.97 Å². The van der Waals surface area contributed by atoms with Gasteiger partial charge in [0.25, 0.3) is 0 Å². The number of hydrogen-bond donors (Lipinski definition) is 2. The van der Waals surface area contributed by atoms with Gasteiger partial charge in [-0.1, -0.05) is 0 Å². The highest BCUT2D eigenvalue weighted by Gasteiger charge is 2.21. The summed E-state index contributed by atoms with van der Waals surface area (Å²) in [6.45, 7) is 0.188. The minimum absolute atomic E-state index is 0.143. The predicted molar refractivity (Wildman–Crippen MR) is 74.2 cm³/mol. The summed E-state index contributed by atoms with van der Waals surface area (Å²) in [6.07, 6.45) is 1.54. The quantitative estimate of drug-likeness (QED) is 0.731. The fourth-order valence-corrected chi connectivity index (χ4v) is 2.32. The van der Waals surface area contributed by atoms with E-state index in [0.29, 0.717) is 34.1 Å². The number of fused-ring (bicyclic) bond motifs is 2. The Labute approximate surface area is 118 Å². The van der Waals surface area contributed by atoms with Crippen LogP contribution in [0.15, 0.2) is 18.5 Å². The summed E-state index contributed by atoms with van der Waals surface area (Å²) in [6, 6.07) is 3.57. The fraction of sp³-hybridized carbons (Fsp3) is 0.154. The van der Waals surface area contributed by atoms with Crippen molar-refractivity contribution in [2.75, 3.05) is 19.6 Å². The Balaban J connectivity index is 2.02. The van der Waals surface area contributed by atoms with Crippen molar-refractivity contribution in [2.24, 2.45) is 0 Å². The number of hydrogen-bond acceptors (Lipinski definition) is 7. The zero-order valence-electron chi connectivity index (χ0n) is 11.1. The van der Waals surface area contributed by atoms with E-state index in [1.54, 1.807) is 19.5 Å². The molecule has 1 aromatic carbocycles. The zero-order chi connectivity index (χ0) is 14.4. The SMILES string of the molecule is COc1cc2c(cc1-c1nc(N)nc3nc[nH]c13)OCO2. The molecular formula is C13H11N5O3. The number of imidazole rings is 1. The van der Waals surface area contributed by atoms with Gasteiger partial charge in [-0.15, -0.1) is 0 Å². The topological polar surface area (TPSA) is 108 Å². The summed E-state index contributed by atoms with van der Waals surface area (Å²) in [5, 5.41) is 0. The van der Waals surface area contributed by atoms with E-state index in [-0.39, 0.29) is 12.7 Å². The smallest absolute Gasteiger partial charge is 0.231 e.